The molecule has 0 atom stereocenters. The van der Waals surface area contributed by atoms with Crippen LogP contribution in [0.5, 0.6) is 5.75 Å². The van der Waals surface area contributed by atoms with Crippen molar-refractivity contribution in [1.29, 1.82) is 0 Å². The fourth-order valence-electron chi connectivity index (χ4n) is 1.58. The number of benzene rings is 1. The maximum absolute atomic E-state index is 13.3. The topological polar surface area (TPSA) is 72.2 Å². The van der Waals surface area contributed by atoms with Gasteiger partial charge in [-0.15, -0.1) is 5.10 Å². The van der Waals surface area contributed by atoms with Crippen molar-refractivity contribution in [3.05, 3.63) is 29.9 Å². The third-order valence-electron chi connectivity index (χ3n) is 2.64. The molecule has 1 aromatic carbocycles. The second-order valence-electron chi connectivity index (χ2n) is 5.58. The molecule has 0 fully saturated rings. The summed E-state index contributed by atoms with van der Waals surface area (Å²) in [6.45, 7) is 6.62. The number of hydrogen-bond acceptors (Lipinski definition) is 6. The number of ether oxygens (including phenoxy) is 1. The van der Waals surface area contributed by atoms with E-state index in [9.17, 15) is 4.39 Å². The van der Waals surface area contributed by atoms with Gasteiger partial charge in [-0.1, -0.05) is 5.10 Å². The molecule has 2 aromatic rings. The van der Waals surface area contributed by atoms with Gasteiger partial charge in [-0.05, 0) is 32.9 Å². The second-order valence-corrected chi connectivity index (χ2v) is 5.58. The molecule has 2 rings (SSSR count). The van der Waals surface area contributed by atoms with Gasteiger partial charge in [-0.25, -0.2) is 4.39 Å². The molecule has 0 unspecified atom stereocenters. The first-order valence-corrected chi connectivity index (χ1v) is 6.55. The zero-order valence-corrected chi connectivity index (χ0v) is 12.5. The van der Waals surface area contributed by atoms with Gasteiger partial charge in [0, 0.05) is 17.3 Å². The molecule has 6 nitrogen and oxygen atoms in total. The molecule has 21 heavy (non-hydrogen) atoms. The summed E-state index contributed by atoms with van der Waals surface area (Å²) < 4.78 is 23.7. The molecule has 0 amide bonds. The number of methoxy groups -OCH3 is 1. The van der Waals surface area contributed by atoms with Crippen LogP contribution in [-0.2, 0) is 6.54 Å². The molecule has 7 heteroatoms. The normalized spacial score (nSPS) is 11.5. The van der Waals surface area contributed by atoms with E-state index >= 15 is 0 Å². The number of rotatable bonds is 5. The van der Waals surface area contributed by atoms with Crippen molar-refractivity contribution in [2.45, 2.75) is 32.9 Å². The Morgan fingerprint density at radius 3 is 2.71 bits per heavy atom. The molecule has 0 radical (unpaired) electrons. The average Bonchev–Trinajstić information content (AvgIpc) is 2.85. The van der Waals surface area contributed by atoms with Crippen LogP contribution in [0, 0.1) is 5.82 Å². The van der Waals surface area contributed by atoms with E-state index < -0.39 is 5.82 Å². The highest BCUT2D eigenvalue weighted by molar-refractivity contribution is 5.55. The van der Waals surface area contributed by atoms with Gasteiger partial charge < -0.3 is 19.8 Å². The van der Waals surface area contributed by atoms with Gasteiger partial charge in [0.2, 0.25) is 5.89 Å². The van der Waals surface area contributed by atoms with Gasteiger partial charge in [0.05, 0.1) is 13.7 Å². The van der Waals surface area contributed by atoms with Crippen molar-refractivity contribution in [2.75, 3.05) is 12.4 Å². The van der Waals surface area contributed by atoms with Gasteiger partial charge in [0.1, 0.15) is 0 Å². The van der Waals surface area contributed by atoms with Crippen LogP contribution < -0.4 is 15.4 Å². The molecule has 0 saturated heterocycles. The molecule has 0 spiro atoms. The lowest BCUT2D eigenvalue weighted by molar-refractivity contribution is 0.384. The highest BCUT2D eigenvalue weighted by Crippen LogP contribution is 2.23. The summed E-state index contributed by atoms with van der Waals surface area (Å²) in [6, 6.07) is 4.64. The third-order valence-corrected chi connectivity index (χ3v) is 2.64. The smallest absolute Gasteiger partial charge is 0.320 e. The van der Waals surface area contributed by atoms with Gasteiger partial charge in [-0.3, -0.25) is 0 Å². The SMILES string of the molecule is COc1cc(Nc2nnc(CNC(C)(C)C)o2)ccc1F. The molecule has 1 aromatic heterocycles. The van der Waals surface area contributed by atoms with E-state index in [1.54, 1.807) is 6.07 Å². The maximum Gasteiger partial charge on any atom is 0.320 e. The summed E-state index contributed by atoms with van der Waals surface area (Å²) in [5.74, 6) is 0.194. The van der Waals surface area contributed by atoms with E-state index in [0.717, 1.165) is 0 Å². The van der Waals surface area contributed by atoms with Gasteiger partial charge in [0.15, 0.2) is 11.6 Å². The summed E-state index contributed by atoms with van der Waals surface area (Å²) >= 11 is 0. The van der Waals surface area contributed by atoms with Gasteiger partial charge in [-0.2, -0.15) is 0 Å². The summed E-state index contributed by atoms with van der Waals surface area (Å²) in [6.07, 6.45) is 0. The standard InChI is InChI=1S/C14H19FN4O2/c1-14(2,3)16-8-12-18-19-13(21-12)17-9-5-6-10(15)11(7-9)20-4/h5-7,16H,8H2,1-4H3,(H,17,19). The van der Waals surface area contributed by atoms with Crippen molar-refractivity contribution >= 4 is 11.7 Å². The van der Waals surface area contributed by atoms with Crippen LogP contribution in [0.1, 0.15) is 26.7 Å². The van der Waals surface area contributed by atoms with Crippen LogP contribution in [0.3, 0.4) is 0 Å². The molecule has 0 bridgehead atoms. The molecule has 0 saturated carbocycles. The first-order chi connectivity index (χ1) is 9.87. The summed E-state index contributed by atoms with van der Waals surface area (Å²) in [4.78, 5) is 0. The fourth-order valence-corrected chi connectivity index (χ4v) is 1.58. The fraction of sp³-hybridized carbons (Fsp3) is 0.429. The Bertz CT molecular complexity index is 607. The zero-order chi connectivity index (χ0) is 15.5. The number of anilines is 2. The van der Waals surface area contributed by atoms with Crippen molar-refractivity contribution in [3.8, 4) is 5.75 Å². The number of hydrogen-bond donors (Lipinski definition) is 2. The lowest BCUT2D eigenvalue weighted by atomic mass is 10.1. The minimum absolute atomic E-state index is 0.0353. The van der Waals surface area contributed by atoms with Gasteiger partial charge >= 0.3 is 6.01 Å². The lowest BCUT2D eigenvalue weighted by Gasteiger charge is -2.18. The minimum Gasteiger partial charge on any atom is -0.494 e. The Labute approximate surface area is 122 Å². The first-order valence-electron chi connectivity index (χ1n) is 6.55. The Morgan fingerprint density at radius 1 is 1.29 bits per heavy atom. The zero-order valence-electron chi connectivity index (χ0n) is 12.5. The monoisotopic (exact) mass is 294 g/mol. The van der Waals surface area contributed by atoms with Crippen LogP contribution >= 0.6 is 0 Å². The number of nitrogens with one attached hydrogen (secondary N) is 2. The van der Waals surface area contributed by atoms with Gasteiger partial charge in [0.25, 0.3) is 0 Å². The van der Waals surface area contributed by atoms with Crippen molar-refractivity contribution in [1.82, 2.24) is 15.5 Å². The quantitative estimate of drug-likeness (QED) is 0.883. The summed E-state index contributed by atoms with van der Waals surface area (Å²) in [5, 5.41) is 14.0. The molecule has 2 N–H and O–H groups in total. The van der Waals surface area contributed by atoms with E-state index in [4.69, 9.17) is 9.15 Å². The highest BCUT2D eigenvalue weighted by Gasteiger charge is 2.12. The van der Waals surface area contributed by atoms with Crippen LogP contribution in [0.2, 0.25) is 0 Å². The predicted octanol–water partition coefficient (Wildman–Crippen LogP) is 2.85. The number of aromatic nitrogens is 2. The Hall–Kier alpha value is -2.15. The highest BCUT2D eigenvalue weighted by atomic mass is 19.1. The number of halogens is 1. The summed E-state index contributed by atoms with van der Waals surface area (Å²) in [7, 11) is 1.41. The van der Waals surface area contributed by atoms with Crippen LogP contribution in [0.25, 0.3) is 0 Å². The van der Waals surface area contributed by atoms with E-state index in [2.05, 4.69) is 20.8 Å². The van der Waals surface area contributed by atoms with Crippen LogP contribution in [0.4, 0.5) is 16.1 Å². The third kappa shape index (κ3) is 4.42. The Balaban J connectivity index is 2.02. The molecule has 0 aliphatic rings. The summed E-state index contributed by atoms with van der Waals surface area (Å²) in [5.41, 5.74) is 0.569. The maximum atomic E-state index is 13.3. The molecule has 0 aliphatic heterocycles. The number of nitrogens with zero attached hydrogens (tertiary/aromatic N) is 2. The molecular formula is C14H19FN4O2. The molecule has 114 valence electrons. The van der Waals surface area contributed by atoms with Crippen molar-refractivity contribution < 1.29 is 13.5 Å². The van der Waals surface area contributed by atoms with E-state index in [1.807, 2.05) is 20.8 Å². The predicted molar refractivity (Wildman–Crippen MR) is 77.1 cm³/mol. The van der Waals surface area contributed by atoms with Crippen LogP contribution in [0.15, 0.2) is 22.6 Å². The second kappa shape index (κ2) is 6.09. The average molecular weight is 294 g/mol. The minimum atomic E-state index is -0.427. The Kier molecular flexibility index (Phi) is 4.42. The van der Waals surface area contributed by atoms with Crippen molar-refractivity contribution in [2.24, 2.45) is 0 Å². The van der Waals surface area contributed by atoms with Crippen LogP contribution in [-0.4, -0.2) is 22.8 Å². The molecular weight excluding hydrogens is 275 g/mol. The van der Waals surface area contributed by atoms with Crippen molar-refractivity contribution in [3.63, 3.8) is 0 Å². The first kappa shape index (κ1) is 15.2. The molecule has 1 heterocycles. The molecule has 0 aliphatic carbocycles. The van der Waals surface area contributed by atoms with E-state index in [0.29, 0.717) is 18.1 Å². The van der Waals surface area contributed by atoms with E-state index in [1.165, 1.54) is 19.2 Å². The largest absolute Gasteiger partial charge is 0.494 e. The lowest BCUT2D eigenvalue weighted by Crippen LogP contribution is -2.35. The Morgan fingerprint density at radius 2 is 2.05 bits per heavy atom. The van der Waals surface area contributed by atoms with E-state index in [-0.39, 0.29) is 17.3 Å².